The highest BCUT2D eigenvalue weighted by molar-refractivity contribution is 7.88. The summed E-state index contributed by atoms with van der Waals surface area (Å²) < 4.78 is 25.2. The van der Waals surface area contributed by atoms with Crippen LogP contribution < -0.4 is 5.32 Å². The summed E-state index contributed by atoms with van der Waals surface area (Å²) in [6, 6.07) is 2.04. The number of aryl methyl sites for hydroxylation is 2. The molecule has 3 rings (SSSR count). The molecule has 0 radical (unpaired) electrons. The highest BCUT2D eigenvalue weighted by Crippen LogP contribution is 2.42. The number of hydrogen-bond donors (Lipinski definition) is 1. The van der Waals surface area contributed by atoms with Gasteiger partial charge < -0.3 is 5.32 Å². The third-order valence-electron chi connectivity index (χ3n) is 4.32. The monoisotopic (exact) mass is 310 g/mol. The van der Waals surface area contributed by atoms with Gasteiger partial charge >= 0.3 is 0 Å². The van der Waals surface area contributed by atoms with E-state index in [2.05, 4.69) is 15.3 Å². The lowest BCUT2D eigenvalue weighted by atomic mass is 9.98. The number of nitrogens with zero attached hydrogens (tertiary/aromatic N) is 3. The van der Waals surface area contributed by atoms with Crippen molar-refractivity contribution in [1.82, 2.24) is 14.3 Å². The molecular weight excluding hydrogens is 288 g/mol. The molecule has 2 fully saturated rings. The zero-order valence-electron chi connectivity index (χ0n) is 12.7. The molecule has 0 spiro atoms. The normalized spacial score (nSPS) is 27.0. The second-order valence-corrected chi connectivity index (χ2v) is 8.29. The van der Waals surface area contributed by atoms with Gasteiger partial charge in [-0.3, -0.25) is 0 Å². The summed E-state index contributed by atoms with van der Waals surface area (Å²) in [5.74, 6) is 1.61. The van der Waals surface area contributed by atoms with Crippen LogP contribution in [0.5, 0.6) is 0 Å². The van der Waals surface area contributed by atoms with Crippen LogP contribution in [0.3, 0.4) is 0 Å². The Morgan fingerprint density at radius 3 is 2.33 bits per heavy atom. The first-order chi connectivity index (χ1) is 9.83. The van der Waals surface area contributed by atoms with Crippen molar-refractivity contribution in [1.29, 1.82) is 0 Å². The molecule has 21 heavy (non-hydrogen) atoms. The third-order valence-corrected chi connectivity index (χ3v) is 5.56. The summed E-state index contributed by atoms with van der Waals surface area (Å²) in [5, 5.41) is 3.37. The van der Waals surface area contributed by atoms with E-state index in [1.807, 2.05) is 19.9 Å². The van der Waals surface area contributed by atoms with Crippen LogP contribution >= 0.6 is 0 Å². The Bertz CT molecular complexity index is 622. The Labute approximate surface area is 126 Å². The van der Waals surface area contributed by atoms with Gasteiger partial charge in [0.1, 0.15) is 0 Å². The van der Waals surface area contributed by atoms with Crippen LogP contribution in [-0.2, 0) is 10.0 Å². The van der Waals surface area contributed by atoms with E-state index in [9.17, 15) is 8.42 Å². The fraction of sp³-hybridized carbons (Fsp3) is 0.714. The molecule has 2 aliphatic rings. The maximum Gasteiger partial charge on any atom is 0.223 e. The summed E-state index contributed by atoms with van der Waals surface area (Å²) >= 11 is 0. The third kappa shape index (κ3) is 3.35. The Morgan fingerprint density at radius 2 is 1.81 bits per heavy atom. The number of hydrogen-bond acceptors (Lipinski definition) is 5. The summed E-state index contributed by atoms with van der Waals surface area (Å²) in [5.41, 5.74) is 1.84. The van der Waals surface area contributed by atoms with Crippen LogP contribution in [0.25, 0.3) is 0 Å². The second kappa shape index (κ2) is 5.21. The van der Waals surface area contributed by atoms with Crippen molar-refractivity contribution in [3.8, 4) is 0 Å². The Kier molecular flexibility index (Phi) is 3.65. The summed E-state index contributed by atoms with van der Waals surface area (Å²) in [6.45, 7) is 5.01. The molecule has 1 saturated carbocycles. The number of sulfonamides is 1. The maximum absolute atomic E-state index is 11.8. The van der Waals surface area contributed by atoms with Gasteiger partial charge in [-0.15, -0.1) is 0 Å². The molecule has 6 nitrogen and oxygen atoms in total. The van der Waals surface area contributed by atoms with Crippen molar-refractivity contribution < 1.29 is 8.42 Å². The molecule has 1 aromatic rings. The Morgan fingerprint density at radius 1 is 1.19 bits per heavy atom. The molecule has 0 bridgehead atoms. The molecular formula is C14H22N4O2S. The quantitative estimate of drug-likeness (QED) is 0.903. The van der Waals surface area contributed by atoms with Crippen molar-refractivity contribution in [2.45, 2.75) is 32.7 Å². The smallest absolute Gasteiger partial charge is 0.223 e. The van der Waals surface area contributed by atoms with E-state index >= 15 is 0 Å². The molecule has 2 atom stereocenters. The zero-order chi connectivity index (χ0) is 15.2. The van der Waals surface area contributed by atoms with Crippen LogP contribution in [0.15, 0.2) is 6.07 Å². The van der Waals surface area contributed by atoms with Crippen LogP contribution in [0, 0.1) is 25.7 Å². The number of anilines is 1. The van der Waals surface area contributed by atoms with Gasteiger partial charge in [-0.2, -0.15) is 4.31 Å². The average molecular weight is 310 g/mol. The standard InChI is InChI=1S/C14H22N4O2S/c1-9-6-10(2)16-14(15-9)17-13-8-18(21(3,19)20)7-12(13)11-4-5-11/h6,11-13H,4-5,7-8H2,1-3H3,(H,15,16,17)/t12-,13+/m1/s1. The van der Waals surface area contributed by atoms with E-state index in [1.54, 1.807) is 4.31 Å². The summed E-state index contributed by atoms with van der Waals surface area (Å²) in [4.78, 5) is 8.82. The molecule has 2 heterocycles. The lowest BCUT2D eigenvalue weighted by molar-refractivity contribution is 0.435. The van der Waals surface area contributed by atoms with Crippen molar-refractivity contribution in [3.05, 3.63) is 17.5 Å². The van der Waals surface area contributed by atoms with Gasteiger partial charge in [0.15, 0.2) is 0 Å². The van der Waals surface area contributed by atoms with Crippen molar-refractivity contribution in [2.75, 3.05) is 24.7 Å². The van der Waals surface area contributed by atoms with Crippen molar-refractivity contribution in [2.24, 2.45) is 11.8 Å². The topological polar surface area (TPSA) is 75.2 Å². The molecule has 1 aromatic heterocycles. The van der Waals surface area contributed by atoms with E-state index < -0.39 is 10.0 Å². The van der Waals surface area contributed by atoms with Crippen molar-refractivity contribution >= 4 is 16.0 Å². The maximum atomic E-state index is 11.8. The van der Waals surface area contributed by atoms with Gasteiger partial charge in [-0.25, -0.2) is 18.4 Å². The van der Waals surface area contributed by atoms with Crippen LogP contribution in [0.4, 0.5) is 5.95 Å². The minimum Gasteiger partial charge on any atom is -0.350 e. The van der Waals surface area contributed by atoms with Gasteiger partial charge in [-0.05, 0) is 44.6 Å². The fourth-order valence-electron chi connectivity index (χ4n) is 3.17. The molecule has 7 heteroatoms. The number of rotatable bonds is 4. The van der Waals surface area contributed by atoms with Gasteiger partial charge in [-0.1, -0.05) is 0 Å². The predicted octanol–water partition coefficient (Wildman–Crippen LogP) is 1.18. The predicted molar refractivity (Wildman–Crippen MR) is 81.5 cm³/mol. The molecule has 1 aliphatic heterocycles. The molecule has 0 aromatic carbocycles. The fourth-order valence-corrected chi connectivity index (χ4v) is 4.05. The molecule has 1 N–H and O–H groups in total. The zero-order valence-corrected chi connectivity index (χ0v) is 13.5. The minimum absolute atomic E-state index is 0.105. The first-order valence-electron chi connectivity index (χ1n) is 7.37. The first-order valence-corrected chi connectivity index (χ1v) is 9.22. The van der Waals surface area contributed by atoms with Crippen LogP contribution in [-0.4, -0.2) is 48.1 Å². The van der Waals surface area contributed by atoms with Gasteiger partial charge in [0, 0.05) is 30.5 Å². The molecule has 0 unspecified atom stereocenters. The minimum atomic E-state index is -3.13. The molecule has 116 valence electrons. The number of aromatic nitrogens is 2. The SMILES string of the molecule is Cc1cc(C)nc(N[C@H]2CN(S(C)(=O)=O)C[C@@H]2C2CC2)n1. The van der Waals surface area contributed by atoms with E-state index in [0.29, 0.717) is 30.9 Å². The van der Waals surface area contributed by atoms with E-state index in [-0.39, 0.29) is 6.04 Å². The van der Waals surface area contributed by atoms with Gasteiger partial charge in [0.2, 0.25) is 16.0 Å². The van der Waals surface area contributed by atoms with E-state index in [1.165, 1.54) is 19.1 Å². The van der Waals surface area contributed by atoms with E-state index in [4.69, 9.17) is 0 Å². The first kappa shape index (κ1) is 14.7. The Hall–Kier alpha value is -1.21. The average Bonchev–Trinajstić information content (AvgIpc) is 3.08. The van der Waals surface area contributed by atoms with Crippen LogP contribution in [0.1, 0.15) is 24.2 Å². The number of nitrogens with one attached hydrogen (secondary N) is 1. The lowest BCUT2D eigenvalue weighted by Gasteiger charge is -2.19. The van der Waals surface area contributed by atoms with Crippen molar-refractivity contribution in [3.63, 3.8) is 0 Å². The highest BCUT2D eigenvalue weighted by Gasteiger charge is 2.45. The molecule has 1 saturated heterocycles. The van der Waals surface area contributed by atoms with E-state index in [0.717, 1.165) is 11.4 Å². The van der Waals surface area contributed by atoms with Crippen LogP contribution in [0.2, 0.25) is 0 Å². The largest absolute Gasteiger partial charge is 0.350 e. The lowest BCUT2D eigenvalue weighted by Crippen LogP contribution is -2.32. The second-order valence-electron chi connectivity index (χ2n) is 6.31. The van der Waals surface area contributed by atoms with Gasteiger partial charge in [0.05, 0.1) is 6.26 Å². The highest BCUT2D eigenvalue weighted by atomic mass is 32.2. The molecule has 1 aliphatic carbocycles. The summed E-state index contributed by atoms with van der Waals surface area (Å²) in [7, 11) is -3.13. The van der Waals surface area contributed by atoms with Gasteiger partial charge in [0.25, 0.3) is 0 Å². The Balaban J connectivity index is 1.79. The molecule has 0 amide bonds. The summed E-state index contributed by atoms with van der Waals surface area (Å²) in [6.07, 6.45) is 3.69.